The van der Waals surface area contributed by atoms with Gasteiger partial charge in [-0.2, -0.15) is 5.10 Å². The fourth-order valence-corrected chi connectivity index (χ4v) is 2.77. The summed E-state index contributed by atoms with van der Waals surface area (Å²) in [6, 6.07) is 18.2. The first-order valence-electron chi connectivity index (χ1n) is 7.91. The Morgan fingerprint density at radius 1 is 1.13 bits per heavy atom. The summed E-state index contributed by atoms with van der Waals surface area (Å²) >= 11 is 0. The van der Waals surface area contributed by atoms with E-state index in [0.29, 0.717) is 5.69 Å². The third-order valence-electron chi connectivity index (χ3n) is 4.06. The highest BCUT2D eigenvalue weighted by Crippen LogP contribution is 2.17. The topological polar surface area (TPSA) is 46.9 Å². The zero-order chi connectivity index (χ0) is 16.2. The SMILES string of the molecule is C[C@@H](CCc1ccccc1)NC(=O)c1nn(C)c2ccccc12. The van der Waals surface area contributed by atoms with Crippen molar-refractivity contribution in [2.24, 2.45) is 7.05 Å². The van der Waals surface area contributed by atoms with Crippen molar-refractivity contribution in [3.63, 3.8) is 0 Å². The lowest BCUT2D eigenvalue weighted by molar-refractivity contribution is 0.0934. The summed E-state index contributed by atoms with van der Waals surface area (Å²) < 4.78 is 1.75. The quantitative estimate of drug-likeness (QED) is 0.786. The Balaban J connectivity index is 1.66. The van der Waals surface area contributed by atoms with Crippen LogP contribution >= 0.6 is 0 Å². The van der Waals surface area contributed by atoms with Crippen LogP contribution in [0.5, 0.6) is 0 Å². The van der Waals surface area contributed by atoms with Gasteiger partial charge < -0.3 is 5.32 Å². The minimum atomic E-state index is -0.109. The van der Waals surface area contributed by atoms with Gasteiger partial charge in [0, 0.05) is 18.5 Å². The van der Waals surface area contributed by atoms with Crippen molar-refractivity contribution < 1.29 is 4.79 Å². The second kappa shape index (κ2) is 6.65. The van der Waals surface area contributed by atoms with Crippen LogP contribution in [0.4, 0.5) is 0 Å². The summed E-state index contributed by atoms with van der Waals surface area (Å²) in [7, 11) is 1.86. The van der Waals surface area contributed by atoms with E-state index in [9.17, 15) is 4.79 Å². The normalized spacial score (nSPS) is 12.3. The zero-order valence-corrected chi connectivity index (χ0v) is 13.5. The summed E-state index contributed by atoms with van der Waals surface area (Å²) in [5.41, 5.74) is 2.75. The smallest absolute Gasteiger partial charge is 0.272 e. The lowest BCUT2D eigenvalue weighted by atomic mass is 10.1. The van der Waals surface area contributed by atoms with E-state index in [2.05, 4.69) is 22.5 Å². The van der Waals surface area contributed by atoms with Crippen LogP contribution in [0, 0.1) is 0 Å². The first kappa shape index (κ1) is 15.3. The number of amides is 1. The molecule has 2 aromatic carbocycles. The van der Waals surface area contributed by atoms with E-state index in [1.54, 1.807) is 4.68 Å². The largest absolute Gasteiger partial charge is 0.348 e. The van der Waals surface area contributed by atoms with Gasteiger partial charge in [-0.25, -0.2) is 0 Å². The summed E-state index contributed by atoms with van der Waals surface area (Å²) in [5, 5.41) is 8.31. The zero-order valence-electron chi connectivity index (χ0n) is 13.5. The number of carbonyl (C=O) groups excluding carboxylic acids is 1. The van der Waals surface area contributed by atoms with Crippen molar-refractivity contribution in [3.05, 3.63) is 65.9 Å². The van der Waals surface area contributed by atoms with E-state index in [1.807, 2.05) is 56.4 Å². The highest BCUT2D eigenvalue weighted by atomic mass is 16.2. The molecule has 0 saturated heterocycles. The first-order chi connectivity index (χ1) is 11.1. The maximum Gasteiger partial charge on any atom is 0.272 e. The van der Waals surface area contributed by atoms with Crippen molar-refractivity contribution in [3.8, 4) is 0 Å². The molecule has 3 rings (SSSR count). The molecule has 4 nitrogen and oxygen atoms in total. The van der Waals surface area contributed by atoms with Gasteiger partial charge in [0.25, 0.3) is 5.91 Å². The molecule has 0 aliphatic carbocycles. The molecule has 118 valence electrons. The van der Waals surface area contributed by atoms with Gasteiger partial charge in [-0.05, 0) is 31.4 Å². The minimum Gasteiger partial charge on any atom is -0.348 e. The molecule has 3 aromatic rings. The van der Waals surface area contributed by atoms with Gasteiger partial charge in [-0.15, -0.1) is 0 Å². The molecule has 0 bridgehead atoms. The van der Waals surface area contributed by atoms with Crippen LogP contribution in [0.1, 0.15) is 29.4 Å². The van der Waals surface area contributed by atoms with Gasteiger partial charge >= 0.3 is 0 Å². The Labute approximate surface area is 136 Å². The molecule has 1 heterocycles. The number of aromatic nitrogens is 2. The predicted octanol–water partition coefficient (Wildman–Crippen LogP) is 3.32. The van der Waals surface area contributed by atoms with Crippen LogP contribution < -0.4 is 5.32 Å². The second-order valence-electron chi connectivity index (χ2n) is 5.89. The lowest BCUT2D eigenvalue weighted by Gasteiger charge is -2.13. The number of para-hydroxylation sites is 1. The van der Waals surface area contributed by atoms with Crippen LogP contribution in [0.25, 0.3) is 10.9 Å². The van der Waals surface area contributed by atoms with Crippen LogP contribution in [0.3, 0.4) is 0 Å². The van der Waals surface area contributed by atoms with E-state index < -0.39 is 0 Å². The fraction of sp³-hybridized carbons (Fsp3) is 0.263. The van der Waals surface area contributed by atoms with Crippen molar-refractivity contribution in [2.75, 3.05) is 0 Å². The van der Waals surface area contributed by atoms with Gasteiger partial charge in [-0.3, -0.25) is 9.48 Å². The Morgan fingerprint density at radius 2 is 1.83 bits per heavy atom. The van der Waals surface area contributed by atoms with E-state index in [0.717, 1.165) is 23.7 Å². The molecule has 1 amide bonds. The average molecular weight is 307 g/mol. The lowest BCUT2D eigenvalue weighted by Crippen LogP contribution is -2.33. The predicted molar refractivity (Wildman–Crippen MR) is 92.4 cm³/mol. The van der Waals surface area contributed by atoms with Gasteiger partial charge in [0.15, 0.2) is 5.69 Å². The van der Waals surface area contributed by atoms with E-state index in [1.165, 1.54) is 5.56 Å². The van der Waals surface area contributed by atoms with Crippen molar-refractivity contribution >= 4 is 16.8 Å². The third kappa shape index (κ3) is 3.42. The first-order valence-corrected chi connectivity index (χ1v) is 7.91. The molecule has 1 N–H and O–H groups in total. The number of hydrogen-bond acceptors (Lipinski definition) is 2. The highest BCUT2D eigenvalue weighted by Gasteiger charge is 2.17. The molecule has 0 saturated carbocycles. The second-order valence-corrected chi connectivity index (χ2v) is 5.89. The van der Waals surface area contributed by atoms with Gasteiger partial charge in [-0.1, -0.05) is 48.5 Å². The maximum atomic E-state index is 12.5. The molecule has 4 heteroatoms. The number of fused-ring (bicyclic) bond motifs is 1. The molecule has 0 unspecified atom stereocenters. The Kier molecular flexibility index (Phi) is 4.42. The number of aryl methyl sites for hydroxylation is 2. The fourth-order valence-electron chi connectivity index (χ4n) is 2.77. The Bertz CT molecular complexity index is 808. The summed E-state index contributed by atoms with van der Waals surface area (Å²) in [6.07, 6.45) is 1.85. The third-order valence-corrected chi connectivity index (χ3v) is 4.06. The maximum absolute atomic E-state index is 12.5. The van der Waals surface area contributed by atoms with E-state index in [-0.39, 0.29) is 11.9 Å². The molecule has 1 aromatic heterocycles. The van der Waals surface area contributed by atoms with Crippen molar-refractivity contribution in [1.82, 2.24) is 15.1 Å². The van der Waals surface area contributed by atoms with Crippen LogP contribution in [0.15, 0.2) is 54.6 Å². The minimum absolute atomic E-state index is 0.100. The summed E-state index contributed by atoms with van der Waals surface area (Å²) in [5.74, 6) is -0.109. The van der Waals surface area contributed by atoms with Crippen LogP contribution in [-0.4, -0.2) is 21.7 Å². The number of carbonyl (C=O) groups is 1. The molecule has 0 radical (unpaired) electrons. The monoisotopic (exact) mass is 307 g/mol. The molecule has 1 atom stereocenters. The van der Waals surface area contributed by atoms with Crippen molar-refractivity contribution in [2.45, 2.75) is 25.8 Å². The van der Waals surface area contributed by atoms with Gasteiger partial charge in [0.1, 0.15) is 0 Å². The standard InChI is InChI=1S/C19H21N3O/c1-14(12-13-15-8-4-3-5-9-15)20-19(23)18-16-10-6-7-11-17(16)22(2)21-18/h3-11,14H,12-13H2,1-2H3,(H,20,23)/t14-/m0/s1. The number of hydrogen-bond donors (Lipinski definition) is 1. The van der Waals surface area contributed by atoms with E-state index in [4.69, 9.17) is 0 Å². The molecule has 0 fully saturated rings. The number of nitrogens with one attached hydrogen (secondary N) is 1. The van der Waals surface area contributed by atoms with Crippen LogP contribution in [0.2, 0.25) is 0 Å². The summed E-state index contributed by atoms with van der Waals surface area (Å²) in [4.78, 5) is 12.5. The molecular weight excluding hydrogens is 286 g/mol. The molecule has 0 spiro atoms. The van der Waals surface area contributed by atoms with Gasteiger partial charge in [0.2, 0.25) is 0 Å². The Morgan fingerprint density at radius 3 is 2.61 bits per heavy atom. The molecular formula is C19H21N3O. The number of benzene rings is 2. The number of rotatable bonds is 5. The number of nitrogens with zero attached hydrogens (tertiary/aromatic N) is 2. The molecule has 23 heavy (non-hydrogen) atoms. The van der Waals surface area contributed by atoms with Crippen molar-refractivity contribution in [1.29, 1.82) is 0 Å². The van der Waals surface area contributed by atoms with E-state index >= 15 is 0 Å². The molecule has 0 aliphatic rings. The van der Waals surface area contributed by atoms with Gasteiger partial charge in [0.05, 0.1) is 5.52 Å². The molecule has 0 aliphatic heterocycles. The highest BCUT2D eigenvalue weighted by molar-refractivity contribution is 6.04. The average Bonchev–Trinajstić information content (AvgIpc) is 2.91. The Hall–Kier alpha value is -2.62. The van der Waals surface area contributed by atoms with Crippen LogP contribution in [-0.2, 0) is 13.5 Å². The summed E-state index contributed by atoms with van der Waals surface area (Å²) in [6.45, 7) is 2.03.